The van der Waals surface area contributed by atoms with Crippen molar-refractivity contribution in [3.8, 4) is 0 Å². The molecule has 0 spiro atoms. The second-order valence-electron chi connectivity index (χ2n) is 4.71. The van der Waals surface area contributed by atoms with Gasteiger partial charge in [-0.1, -0.05) is 59.9 Å². The van der Waals surface area contributed by atoms with E-state index in [1.807, 2.05) is 24.3 Å². The molecular formula is C16H16N4S. The highest BCUT2D eigenvalue weighted by molar-refractivity contribution is 7.15. The zero-order valence-electron chi connectivity index (χ0n) is 11.5. The lowest BCUT2D eigenvalue weighted by atomic mass is 10.2. The van der Waals surface area contributed by atoms with Crippen molar-refractivity contribution in [1.82, 2.24) is 10.2 Å². The molecule has 0 aliphatic rings. The van der Waals surface area contributed by atoms with Crippen molar-refractivity contribution in [3.05, 3.63) is 71.2 Å². The van der Waals surface area contributed by atoms with E-state index < -0.39 is 0 Å². The number of hydrogen-bond donors (Lipinski definition) is 1. The third-order valence-corrected chi connectivity index (χ3v) is 3.88. The number of hydrogen-bond acceptors (Lipinski definition) is 5. The average molecular weight is 296 g/mol. The molecule has 0 atom stereocenters. The van der Waals surface area contributed by atoms with E-state index in [4.69, 9.17) is 5.73 Å². The van der Waals surface area contributed by atoms with Crippen molar-refractivity contribution in [2.75, 3.05) is 10.6 Å². The smallest absolute Gasteiger partial charge is 0.203 e. The van der Waals surface area contributed by atoms with Gasteiger partial charge in [0, 0.05) is 12.2 Å². The Balaban J connectivity index is 1.84. The first-order valence-electron chi connectivity index (χ1n) is 6.73. The number of aromatic nitrogens is 2. The molecule has 0 fully saturated rings. The van der Waals surface area contributed by atoms with E-state index in [-0.39, 0.29) is 0 Å². The molecule has 2 aromatic carbocycles. The summed E-state index contributed by atoms with van der Waals surface area (Å²) in [5.74, 6) is 0. The molecule has 0 saturated carbocycles. The van der Waals surface area contributed by atoms with Gasteiger partial charge in [-0.05, 0) is 17.7 Å². The normalized spacial score (nSPS) is 10.5. The molecule has 21 heavy (non-hydrogen) atoms. The fraction of sp³-hybridized carbons (Fsp3) is 0.125. The monoisotopic (exact) mass is 296 g/mol. The van der Waals surface area contributed by atoms with Crippen LogP contribution in [0.3, 0.4) is 0 Å². The molecule has 0 unspecified atom stereocenters. The quantitative estimate of drug-likeness (QED) is 0.784. The number of rotatable bonds is 5. The maximum atomic E-state index is 5.67. The van der Waals surface area contributed by atoms with E-state index >= 15 is 0 Å². The Hall–Kier alpha value is -2.40. The molecule has 0 aliphatic carbocycles. The largest absolute Gasteiger partial charge is 0.374 e. The highest BCUT2D eigenvalue weighted by Gasteiger charge is 2.11. The van der Waals surface area contributed by atoms with Crippen LogP contribution in [0.2, 0.25) is 0 Å². The first-order valence-corrected chi connectivity index (χ1v) is 7.55. The summed E-state index contributed by atoms with van der Waals surface area (Å²) < 4.78 is 0. The summed E-state index contributed by atoms with van der Waals surface area (Å²) in [5, 5.41) is 9.45. The van der Waals surface area contributed by atoms with Crippen molar-refractivity contribution >= 4 is 22.2 Å². The van der Waals surface area contributed by atoms with Crippen LogP contribution in [0.25, 0.3) is 0 Å². The standard InChI is InChI=1S/C16H16N4S/c17-16-19-18-15(21-16)12-20(14-9-5-2-6-10-14)11-13-7-3-1-4-8-13/h1-10H,11-12H2,(H2,17,19). The lowest BCUT2D eigenvalue weighted by Crippen LogP contribution is -2.21. The molecule has 3 rings (SSSR count). The average Bonchev–Trinajstić information content (AvgIpc) is 2.94. The Morgan fingerprint density at radius 2 is 1.52 bits per heavy atom. The molecule has 2 N–H and O–H groups in total. The Morgan fingerprint density at radius 1 is 0.857 bits per heavy atom. The number of nitrogens with zero attached hydrogens (tertiary/aromatic N) is 3. The molecule has 5 heteroatoms. The SMILES string of the molecule is Nc1nnc(CN(Cc2ccccc2)c2ccccc2)s1. The third kappa shape index (κ3) is 3.58. The predicted molar refractivity (Wildman–Crippen MR) is 87.1 cm³/mol. The van der Waals surface area contributed by atoms with Gasteiger partial charge in [0.1, 0.15) is 5.01 Å². The van der Waals surface area contributed by atoms with Crippen LogP contribution >= 0.6 is 11.3 Å². The molecule has 0 radical (unpaired) electrons. The molecule has 4 nitrogen and oxygen atoms in total. The van der Waals surface area contributed by atoms with Gasteiger partial charge < -0.3 is 10.6 Å². The highest BCUT2D eigenvalue weighted by atomic mass is 32.1. The number of benzene rings is 2. The fourth-order valence-corrected chi connectivity index (χ4v) is 2.80. The van der Waals surface area contributed by atoms with Crippen LogP contribution in [-0.4, -0.2) is 10.2 Å². The number of para-hydroxylation sites is 1. The van der Waals surface area contributed by atoms with Crippen LogP contribution in [0.1, 0.15) is 10.6 Å². The summed E-state index contributed by atoms with van der Waals surface area (Å²) in [4.78, 5) is 2.27. The van der Waals surface area contributed by atoms with Gasteiger partial charge in [-0.2, -0.15) is 0 Å². The van der Waals surface area contributed by atoms with Crippen LogP contribution in [0, 0.1) is 0 Å². The lowest BCUT2D eigenvalue weighted by molar-refractivity contribution is 0.784. The van der Waals surface area contributed by atoms with Gasteiger partial charge in [-0.15, -0.1) is 10.2 Å². The number of nitrogens with two attached hydrogens (primary N) is 1. The van der Waals surface area contributed by atoms with Gasteiger partial charge in [-0.3, -0.25) is 0 Å². The summed E-state index contributed by atoms with van der Waals surface area (Å²) in [7, 11) is 0. The second kappa shape index (κ2) is 6.37. The van der Waals surface area contributed by atoms with Gasteiger partial charge in [0.05, 0.1) is 6.54 Å². The van der Waals surface area contributed by atoms with E-state index in [0.29, 0.717) is 11.7 Å². The zero-order chi connectivity index (χ0) is 14.5. The molecule has 1 aromatic heterocycles. The Morgan fingerprint density at radius 3 is 2.14 bits per heavy atom. The van der Waals surface area contributed by atoms with Gasteiger partial charge in [0.25, 0.3) is 0 Å². The fourth-order valence-electron chi connectivity index (χ4n) is 2.17. The molecule has 0 bridgehead atoms. The van der Waals surface area contributed by atoms with E-state index in [1.165, 1.54) is 16.9 Å². The second-order valence-corrected chi connectivity index (χ2v) is 5.80. The van der Waals surface area contributed by atoms with Crippen molar-refractivity contribution in [2.24, 2.45) is 0 Å². The van der Waals surface area contributed by atoms with Crippen molar-refractivity contribution in [3.63, 3.8) is 0 Å². The molecule has 3 aromatic rings. The molecular weight excluding hydrogens is 280 g/mol. The summed E-state index contributed by atoms with van der Waals surface area (Å²) >= 11 is 1.44. The first-order chi connectivity index (χ1) is 10.3. The molecule has 0 amide bonds. The summed E-state index contributed by atoms with van der Waals surface area (Å²) in [6, 6.07) is 20.7. The Bertz CT molecular complexity index is 682. The zero-order valence-corrected chi connectivity index (χ0v) is 12.3. The van der Waals surface area contributed by atoms with Crippen molar-refractivity contribution in [2.45, 2.75) is 13.1 Å². The predicted octanol–water partition coefficient (Wildman–Crippen LogP) is 3.33. The Kier molecular flexibility index (Phi) is 4.12. The van der Waals surface area contributed by atoms with Crippen molar-refractivity contribution < 1.29 is 0 Å². The molecule has 0 saturated heterocycles. The summed E-state index contributed by atoms with van der Waals surface area (Å²) in [6.07, 6.45) is 0. The van der Waals surface area contributed by atoms with Crippen LogP contribution in [0.15, 0.2) is 60.7 Å². The number of anilines is 2. The minimum atomic E-state index is 0.512. The lowest BCUT2D eigenvalue weighted by Gasteiger charge is -2.23. The topological polar surface area (TPSA) is 55.0 Å². The van der Waals surface area contributed by atoms with Gasteiger partial charge in [0.2, 0.25) is 5.13 Å². The van der Waals surface area contributed by atoms with E-state index in [9.17, 15) is 0 Å². The molecule has 106 valence electrons. The van der Waals surface area contributed by atoms with Crippen LogP contribution < -0.4 is 10.6 Å². The van der Waals surface area contributed by atoms with Gasteiger partial charge in [0.15, 0.2) is 0 Å². The van der Waals surface area contributed by atoms with E-state index in [1.54, 1.807) is 0 Å². The maximum Gasteiger partial charge on any atom is 0.203 e. The summed E-state index contributed by atoms with van der Waals surface area (Å²) in [5.41, 5.74) is 8.10. The highest BCUT2D eigenvalue weighted by Crippen LogP contribution is 2.21. The minimum absolute atomic E-state index is 0.512. The maximum absolute atomic E-state index is 5.67. The van der Waals surface area contributed by atoms with Gasteiger partial charge >= 0.3 is 0 Å². The number of nitrogen functional groups attached to an aromatic ring is 1. The minimum Gasteiger partial charge on any atom is -0.374 e. The molecule has 0 aliphatic heterocycles. The molecule has 1 heterocycles. The van der Waals surface area contributed by atoms with Crippen molar-refractivity contribution in [1.29, 1.82) is 0 Å². The van der Waals surface area contributed by atoms with E-state index in [2.05, 4.69) is 51.5 Å². The third-order valence-electron chi connectivity index (χ3n) is 3.15. The van der Waals surface area contributed by atoms with Crippen LogP contribution in [0.5, 0.6) is 0 Å². The van der Waals surface area contributed by atoms with E-state index in [0.717, 1.165) is 17.2 Å². The van der Waals surface area contributed by atoms with Gasteiger partial charge in [-0.25, -0.2) is 0 Å². The summed E-state index contributed by atoms with van der Waals surface area (Å²) in [6.45, 7) is 1.53. The first kappa shape index (κ1) is 13.6. The van der Waals surface area contributed by atoms with Crippen LogP contribution in [-0.2, 0) is 13.1 Å². The Labute approximate surface area is 127 Å². The van der Waals surface area contributed by atoms with Crippen LogP contribution in [0.4, 0.5) is 10.8 Å².